The van der Waals surface area contributed by atoms with Gasteiger partial charge in [-0.2, -0.15) is 0 Å². The van der Waals surface area contributed by atoms with Gasteiger partial charge in [0.1, 0.15) is 6.17 Å². The molecule has 0 bridgehead atoms. The van der Waals surface area contributed by atoms with Crippen LogP contribution in [0.2, 0.25) is 0 Å². The second-order valence-electron chi connectivity index (χ2n) is 6.02. The standard InChI is InChI=1S/C14H24F2/c1-10-2-4-11(5-3-10)12-6-7-13(9-15)14(16)8-12/h10-14H,2-9H2,1H3. The van der Waals surface area contributed by atoms with Crippen LogP contribution in [0.3, 0.4) is 0 Å². The van der Waals surface area contributed by atoms with Crippen LogP contribution in [0.1, 0.15) is 51.9 Å². The van der Waals surface area contributed by atoms with Crippen LogP contribution < -0.4 is 0 Å². The molecule has 0 aromatic carbocycles. The van der Waals surface area contributed by atoms with Crippen molar-refractivity contribution < 1.29 is 8.78 Å². The van der Waals surface area contributed by atoms with E-state index < -0.39 is 12.8 Å². The second-order valence-corrected chi connectivity index (χ2v) is 6.02. The lowest BCUT2D eigenvalue weighted by atomic mass is 9.69. The summed E-state index contributed by atoms with van der Waals surface area (Å²) in [6, 6.07) is 0. The maximum absolute atomic E-state index is 13.7. The van der Waals surface area contributed by atoms with Crippen molar-refractivity contribution in [2.45, 2.75) is 58.0 Å². The summed E-state index contributed by atoms with van der Waals surface area (Å²) in [5, 5.41) is 0. The Morgan fingerprint density at radius 1 is 0.938 bits per heavy atom. The fraction of sp³-hybridized carbons (Fsp3) is 1.00. The van der Waals surface area contributed by atoms with Gasteiger partial charge in [0.2, 0.25) is 0 Å². The zero-order chi connectivity index (χ0) is 11.5. The van der Waals surface area contributed by atoms with Gasteiger partial charge in [0.05, 0.1) is 6.67 Å². The molecule has 0 aromatic rings. The molecule has 0 amide bonds. The molecule has 0 nitrogen and oxygen atoms in total. The minimum Gasteiger partial charge on any atom is -0.251 e. The zero-order valence-corrected chi connectivity index (χ0v) is 10.3. The molecule has 0 saturated heterocycles. The third-order valence-electron chi connectivity index (χ3n) is 4.87. The van der Waals surface area contributed by atoms with Gasteiger partial charge in [-0.05, 0) is 49.9 Å². The summed E-state index contributed by atoms with van der Waals surface area (Å²) in [5.74, 6) is 1.85. The Balaban J connectivity index is 1.83. The molecule has 0 N–H and O–H groups in total. The molecule has 2 rings (SSSR count). The van der Waals surface area contributed by atoms with E-state index >= 15 is 0 Å². The van der Waals surface area contributed by atoms with E-state index in [4.69, 9.17) is 0 Å². The lowest BCUT2D eigenvalue weighted by molar-refractivity contribution is 0.0663. The van der Waals surface area contributed by atoms with Gasteiger partial charge in [0.25, 0.3) is 0 Å². The maximum Gasteiger partial charge on any atom is 0.106 e. The van der Waals surface area contributed by atoms with Crippen molar-refractivity contribution in [1.82, 2.24) is 0 Å². The molecule has 2 aliphatic carbocycles. The first kappa shape index (κ1) is 12.3. The Hall–Kier alpha value is -0.140. The molecular formula is C14H24F2. The summed E-state index contributed by atoms with van der Waals surface area (Å²) in [6.45, 7) is 1.85. The second kappa shape index (κ2) is 5.46. The minimum atomic E-state index is -0.872. The van der Waals surface area contributed by atoms with Crippen LogP contribution in [0.15, 0.2) is 0 Å². The highest BCUT2D eigenvalue weighted by Crippen LogP contribution is 2.42. The highest BCUT2D eigenvalue weighted by molar-refractivity contribution is 4.85. The molecule has 2 saturated carbocycles. The molecule has 0 spiro atoms. The first-order valence-corrected chi connectivity index (χ1v) is 6.90. The van der Waals surface area contributed by atoms with Crippen LogP contribution in [0.25, 0.3) is 0 Å². The molecule has 0 aromatic heterocycles. The Kier molecular flexibility index (Phi) is 4.21. The van der Waals surface area contributed by atoms with Crippen molar-refractivity contribution in [3.05, 3.63) is 0 Å². The minimum absolute atomic E-state index is 0.293. The largest absolute Gasteiger partial charge is 0.251 e. The zero-order valence-electron chi connectivity index (χ0n) is 10.3. The number of halogens is 2. The third kappa shape index (κ3) is 2.75. The van der Waals surface area contributed by atoms with Crippen LogP contribution in [-0.2, 0) is 0 Å². The molecule has 2 heteroatoms. The van der Waals surface area contributed by atoms with Crippen LogP contribution in [-0.4, -0.2) is 12.8 Å². The molecular weight excluding hydrogens is 206 g/mol. The maximum atomic E-state index is 13.7. The monoisotopic (exact) mass is 230 g/mol. The lowest BCUT2D eigenvalue weighted by Crippen LogP contribution is -2.32. The first-order chi connectivity index (χ1) is 7.70. The van der Waals surface area contributed by atoms with E-state index in [1.54, 1.807) is 0 Å². The molecule has 2 fully saturated rings. The fourth-order valence-electron chi connectivity index (χ4n) is 3.57. The van der Waals surface area contributed by atoms with E-state index in [0.717, 1.165) is 24.7 Å². The van der Waals surface area contributed by atoms with E-state index in [1.807, 2.05) is 0 Å². The number of alkyl halides is 2. The number of rotatable bonds is 2. The van der Waals surface area contributed by atoms with Crippen molar-refractivity contribution in [2.75, 3.05) is 6.67 Å². The summed E-state index contributed by atoms with van der Waals surface area (Å²) < 4.78 is 26.2. The molecule has 0 radical (unpaired) electrons. The molecule has 0 aliphatic heterocycles. The SMILES string of the molecule is CC1CCC(C2CCC(CF)C(F)C2)CC1. The fourth-order valence-corrected chi connectivity index (χ4v) is 3.57. The Morgan fingerprint density at radius 2 is 1.56 bits per heavy atom. The predicted octanol–water partition coefficient (Wildman–Crippen LogP) is 4.54. The number of hydrogen-bond donors (Lipinski definition) is 0. The van der Waals surface area contributed by atoms with Crippen LogP contribution in [0, 0.1) is 23.7 Å². The molecule has 3 unspecified atom stereocenters. The lowest BCUT2D eigenvalue weighted by Gasteiger charge is -2.38. The topological polar surface area (TPSA) is 0 Å². The number of hydrogen-bond acceptors (Lipinski definition) is 0. The summed E-state index contributed by atoms with van der Waals surface area (Å²) in [7, 11) is 0. The van der Waals surface area contributed by atoms with Crippen molar-refractivity contribution in [2.24, 2.45) is 23.7 Å². The molecule has 16 heavy (non-hydrogen) atoms. The van der Waals surface area contributed by atoms with Gasteiger partial charge in [-0.3, -0.25) is 4.39 Å². The van der Waals surface area contributed by atoms with E-state index in [-0.39, 0.29) is 5.92 Å². The van der Waals surface area contributed by atoms with E-state index in [9.17, 15) is 8.78 Å². The van der Waals surface area contributed by atoms with Gasteiger partial charge in [0, 0.05) is 5.92 Å². The van der Waals surface area contributed by atoms with E-state index in [2.05, 4.69) is 6.92 Å². The van der Waals surface area contributed by atoms with Crippen molar-refractivity contribution >= 4 is 0 Å². The summed E-state index contributed by atoms with van der Waals surface area (Å²) in [5.41, 5.74) is 0. The van der Waals surface area contributed by atoms with Crippen LogP contribution in [0.4, 0.5) is 8.78 Å². The average Bonchev–Trinajstić information content (AvgIpc) is 2.30. The summed E-state index contributed by atoms with van der Waals surface area (Å²) >= 11 is 0. The molecule has 2 aliphatic rings. The quantitative estimate of drug-likeness (QED) is 0.653. The first-order valence-electron chi connectivity index (χ1n) is 6.90. The Bertz CT molecular complexity index is 209. The molecule has 0 heterocycles. The highest BCUT2D eigenvalue weighted by atomic mass is 19.1. The Labute approximate surface area is 97.8 Å². The molecule has 94 valence electrons. The summed E-state index contributed by atoms with van der Waals surface area (Å²) in [6.07, 6.45) is 6.77. The Morgan fingerprint density at radius 3 is 2.12 bits per heavy atom. The van der Waals surface area contributed by atoms with Gasteiger partial charge in [-0.25, -0.2) is 4.39 Å². The smallest absolute Gasteiger partial charge is 0.106 e. The third-order valence-corrected chi connectivity index (χ3v) is 4.87. The van der Waals surface area contributed by atoms with Crippen molar-refractivity contribution in [1.29, 1.82) is 0 Å². The normalized spacial score (nSPS) is 45.6. The van der Waals surface area contributed by atoms with Crippen molar-refractivity contribution in [3.63, 3.8) is 0 Å². The van der Waals surface area contributed by atoms with Crippen LogP contribution >= 0.6 is 0 Å². The van der Waals surface area contributed by atoms with Crippen LogP contribution in [0.5, 0.6) is 0 Å². The average molecular weight is 230 g/mol. The van der Waals surface area contributed by atoms with E-state index in [0.29, 0.717) is 12.3 Å². The predicted molar refractivity (Wildman–Crippen MR) is 62.8 cm³/mol. The van der Waals surface area contributed by atoms with Gasteiger partial charge in [-0.15, -0.1) is 0 Å². The highest BCUT2D eigenvalue weighted by Gasteiger charge is 2.35. The van der Waals surface area contributed by atoms with Gasteiger partial charge in [-0.1, -0.05) is 19.8 Å². The van der Waals surface area contributed by atoms with E-state index in [1.165, 1.54) is 25.7 Å². The summed E-state index contributed by atoms with van der Waals surface area (Å²) in [4.78, 5) is 0. The van der Waals surface area contributed by atoms with Crippen molar-refractivity contribution in [3.8, 4) is 0 Å². The van der Waals surface area contributed by atoms with Gasteiger partial charge in [0.15, 0.2) is 0 Å². The van der Waals surface area contributed by atoms with Gasteiger partial charge >= 0.3 is 0 Å². The molecule has 3 atom stereocenters. The van der Waals surface area contributed by atoms with Gasteiger partial charge < -0.3 is 0 Å².